The Kier molecular flexibility index (Phi) is 5.08. The molecule has 0 aliphatic heterocycles. The predicted molar refractivity (Wildman–Crippen MR) is 108 cm³/mol. The number of nitrogens with zero attached hydrogens (tertiary/aromatic N) is 2. The minimum Gasteiger partial charge on any atom is -0.465 e. The second-order valence-electron chi connectivity index (χ2n) is 5.39. The molecule has 4 nitrogen and oxygen atoms in total. The van der Waals surface area contributed by atoms with E-state index < -0.39 is 5.97 Å². The summed E-state index contributed by atoms with van der Waals surface area (Å²) in [6, 6.07) is 7.97. The number of esters is 1. The summed E-state index contributed by atoms with van der Waals surface area (Å²) in [6.45, 7) is 3.91. The average Bonchev–Trinajstić information content (AvgIpc) is 2.90. The minimum absolute atomic E-state index is 0.161. The van der Waals surface area contributed by atoms with Gasteiger partial charge >= 0.3 is 5.97 Å². The van der Waals surface area contributed by atoms with Crippen molar-refractivity contribution in [3.05, 3.63) is 52.3 Å². The molecule has 24 heavy (non-hydrogen) atoms. The van der Waals surface area contributed by atoms with E-state index in [1.54, 1.807) is 9.12 Å². The summed E-state index contributed by atoms with van der Waals surface area (Å²) in [5.74, 6) is -0.474. The fraction of sp³-hybridized carbons (Fsp3) is 0.176. The van der Waals surface area contributed by atoms with Crippen LogP contribution in [0.2, 0.25) is 5.15 Å². The summed E-state index contributed by atoms with van der Waals surface area (Å²) in [4.78, 5) is 16.3. The zero-order chi connectivity index (χ0) is 17.4. The zero-order valence-corrected chi connectivity index (χ0v) is 17.0. The van der Waals surface area contributed by atoms with Gasteiger partial charge in [0.05, 0.1) is 23.9 Å². The lowest BCUT2D eigenvalue weighted by Gasteiger charge is -2.10. The van der Waals surface area contributed by atoms with E-state index in [1.807, 2.05) is 25.1 Å². The first-order valence-corrected chi connectivity index (χ1v) is 10.8. The summed E-state index contributed by atoms with van der Waals surface area (Å²) in [6.07, 6.45) is 2.10. The van der Waals surface area contributed by atoms with Crippen LogP contribution in [0.1, 0.15) is 21.5 Å². The number of hydrogen-bond acceptors (Lipinski definition) is 4. The molecule has 124 valence electrons. The van der Waals surface area contributed by atoms with Crippen molar-refractivity contribution in [2.45, 2.75) is 13.8 Å². The van der Waals surface area contributed by atoms with E-state index in [0.29, 0.717) is 5.56 Å². The number of methoxy groups -OCH3 is 1. The van der Waals surface area contributed by atoms with Crippen LogP contribution in [0.5, 0.6) is 0 Å². The summed E-state index contributed by atoms with van der Waals surface area (Å²) < 4.78 is 6.90. The Morgan fingerprint density at radius 1 is 1.33 bits per heavy atom. The van der Waals surface area contributed by atoms with Gasteiger partial charge in [0, 0.05) is 47.5 Å². The number of fused-ring (bicyclic) bond motifs is 1. The lowest BCUT2D eigenvalue weighted by molar-refractivity contribution is 0.0599. The Bertz CT molecular complexity index is 932. The number of rotatable bonds is 3. The molecule has 0 unspecified atom stereocenters. The highest BCUT2D eigenvalue weighted by Gasteiger charge is 2.19. The Balaban J connectivity index is 2.25. The van der Waals surface area contributed by atoms with Crippen LogP contribution in [0.3, 0.4) is 0 Å². The Hall–Kier alpha value is -1.25. The van der Waals surface area contributed by atoms with Crippen LogP contribution in [0, 0.1) is 13.8 Å². The van der Waals surface area contributed by atoms with Gasteiger partial charge in [-0.15, -0.1) is 0 Å². The molecule has 0 aliphatic rings. The molecule has 0 bridgehead atoms. The molecule has 7 heteroatoms. The highest BCUT2D eigenvalue weighted by atomic mass is 127. The molecule has 0 saturated heterocycles. The van der Waals surface area contributed by atoms with Crippen molar-refractivity contribution >= 4 is 58.8 Å². The molecule has 1 aromatic carbocycles. The number of aromatic nitrogens is 2. The molecule has 0 amide bonds. The van der Waals surface area contributed by atoms with Gasteiger partial charge in [0.25, 0.3) is 0 Å². The molecule has 0 fully saturated rings. The normalized spacial score (nSPS) is 11.0. The van der Waals surface area contributed by atoms with Crippen LogP contribution in [-0.2, 0) is 4.74 Å². The highest BCUT2D eigenvalue weighted by Crippen LogP contribution is 2.36. The molecule has 0 radical (unpaired) electrons. The number of benzene rings is 1. The first-order chi connectivity index (χ1) is 11.5. The van der Waals surface area contributed by atoms with Crippen molar-refractivity contribution in [1.29, 1.82) is 0 Å². The largest absolute Gasteiger partial charge is 0.465 e. The van der Waals surface area contributed by atoms with Gasteiger partial charge in [0.15, 0.2) is 0 Å². The third-order valence-corrected chi connectivity index (χ3v) is 5.89. The number of pyridine rings is 1. The van der Waals surface area contributed by atoms with Crippen molar-refractivity contribution in [2.24, 2.45) is 0 Å². The number of hydrogen-bond donors (Lipinski definition) is 0. The second kappa shape index (κ2) is 6.93. The van der Waals surface area contributed by atoms with Crippen molar-refractivity contribution in [3.8, 4) is 11.3 Å². The molecular formula is C17H14ClIN2O2S. The van der Waals surface area contributed by atoms with E-state index in [4.69, 9.17) is 16.3 Å². The fourth-order valence-electron chi connectivity index (χ4n) is 2.84. The number of carbonyl (C=O) groups is 1. The molecule has 3 rings (SSSR count). The standard InChI is InChI=1S/C17H14ClIN2O2S/c1-9-7-12(20-16(18)15(9)17(22)23-3)11-5-4-6-13-14(11)10(2)8-21(13)24-19/h4-8H,1-3H3. The van der Waals surface area contributed by atoms with E-state index in [-0.39, 0.29) is 5.15 Å². The van der Waals surface area contributed by atoms with Crippen LogP contribution >= 0.6 is 41.9 Å². The molecule has 0 atom stereocenters. The van der Waals surface area contributed by atoms with Crippen molar-refractivity contribution < 1.29 is 9.53 Å². The van der Waals surface area contributed by atoms with Crippen LogP contribution in [0.25, 0.3) is 22.2 Å². The molecule has 2 aromatic heterocycles. The maximum absolute atomic E-state index is 11.9. The molecular weight excluding hydrogens is 459 g/mol. The Morgan fingerprint density at radius 3 is 2.71 bits per heavy atom. The summed E-state index contributed by atoms with van der Waals surface area (Å²) in [5, 5.41) is 1.30. The average molecular weight is 473 g/mol. The van der Waals surface area contributed by atoms with Gasteiger partial charge in [-0.25, -0.2) is 9.78 Å². The van der Waals surface area contributed by atoms with E-state index >= 15 is 0 Å². The predicted octanol–water partition coefficient (Wildman–Crippen LogP) is 5.61. The van der Waals surface area contributed by atoms with E-state index in [0.717, 1.165) is 33.3 Å². The SMILES string of the molecule is COC(=O)c1c(C)cc(-c2cccc3c2c(C)cn3SI)nc1Cl. The number of aryl methyl sites for hydroxylation is 2. The lowest BCUT2D eigenvalue weighted by atomic mass is 10.0. The van der Waals surface area contributed by atoms with Gasteiger partial charge in [0.1, 0.15) is 5.15 Å². The smallest absolute Gasteiger partial charge is 0.341 e. The fourth-order valence-corrected chi connectivity index (χ4v) is 4.56. The van der Waals surface area contributed by atoms with Crippen molar-refractivity contribution in [1.82, 2.24) is 8.96 Å². The Labute approximate surface area is 161 Å². The summed E-state index contributed by atoms with van der Waals surface area (Å²) in [7, 11) is 2.95. The number of carbonyl (C=O) groups excluding carboxylic acids is 1. The maximum atomic E-state index is 11.9. The van der Waals surface area contributed by atoms with E-state index in [2.05, 4.69) is 49.3 Å². The molecule has 0 saturated carbocycles. The van der Waals surface area contributed by atoms with Crippen LogP contribution in [0.15, 0.2) is 30.5 Å². The third kappa shape index (κ3) is 2.91. The molecule has 2 heterocycles. The topological polar surface area (TPSA) is 44.1 Å². The zero-order valence-electron chi connectivity index (χ0n) is 13.3. The Morgan fingerprint density at radius 2 is 2.08 bits per heavy atom. The minimum atomic E-state index is -0.474. The van der Waals surface area contributed by atoms with Gasteiger partial charge in [-0.05, 0) is 37.1 Å². The van der Waals surface area contributed by atoms with E-state index in [1.165, 1.54) is 7.11 Å². The van der Waals surface area contributed by atoms with Crippen LogP contribution in [0.4, 0.5) is 0 Å². The molecule has 3 aromatic rings. The van der Waals surface area contributed by atoms with Gasteiger partial charge in [-0.2, -0.15) is 0 Å². The lowest BCUT2D eigenvalue weighted by Crippen LogP contribution is -2.06. The first-order valence-electron chi connectivity index (χ1n) is 7.13. The molecule has 0 spiro atoms. The van der Waals surface area contributed by atoms with E-state index in [9.17, 15) is 4.79 Å². The van der Waals surface area contributed by atoms with Crippen LogP contribution in [-0.4, -0.2) is 22.0 Å². The summed E-state index contributed by atoms with van der Waals surface area (Å²) >= 11 is 8.52. The number of halogens is 2. The molecule has 0 N–H and O–H groups in total. The molecule has 0 aliphatic carbocycles. The highest BCUT2D eigenvalue weighted by molar-refractivity contribution is 14.2. The second-order valence-corrected chi connectivity index (χ2v) is 7.46. The third-order valence-electron chi connectivity index (χ3n) is 3.90. The summed E-state index contributed by atoms with van der Waals surface area (Å²) in [5.41, 5.74) is 5.08. The maximum Gasteiger partial charge on any atom is 0.341 e. The monoisotopic (exact) mass is 472 g/mol. The first kappa shape index (κ1) is 17.6. The number of ether oxygens (including phenoxy) is 1. The van der Waals surface area contributed by atoms with Gasteiger partial charge in [-0.3, -0.25) is 3.97 Å². The van der Waals surface area contributed by atoms with Gasteiger partial charge in [-0.1, -0.05) is 23.7 Å². The van der Waals surface area contributed by atoms with Gasteiger partial charge < -0.3 is 4.74 Å². The van der Waals surface area contributed by atoms with Crippen molar-refractivity contribution in [2.75, 3.05) is 7.11 Å². The quantitative estimate of drug-likeness (QED) is 0.282. The van der Waals surface area contributed by atoms with Gasteiger partial charge in [0.2, 0.25) is 0 Å². The van der Waals surface area contributed by atoms with Crippen LogP contribution < -0.4 is 0 Å². The van der Waals surface area contributed by atoms with Crippen molar-refractivity contribution in [3.63, 3.8) is 0 Å².